The first kappa shape index (κ1) is 15.8. The second-order valence-corrected chi connectivity index (χ2v) is 6.24. The van der Waals surface area contributed by atoms with Gasteiger partial charge in [-0.2, -0.15) is 0 Å². The van der Waals surface area contributed by atoms with Crippen molar-refractivity contribution < 1.29 is 9.21 Å². The van der Waals surface area contributed by atoms with Gasteiger partial charge in [-0.05, 0) is 50.8 Å². The molecule has 1 unspecified atom stereocenters. The van der Waals surface area contributed by atoms with Gasteiger partial charge in [-0.15, -0.1) is 0 Å². The third kappa shape index (κ3) is 4.22. The van der Waals surface area contributed by atoms with Crippen LogP contribution in [0.1, 0.15) is 41.2 Å². The number of nitrogens with one attached hydrogen (secondary N) is 2. The number of piperidine rings is 1. The number of likely N-dealkylation sites (tertiary alicyclic amines) is 1. The Hall–Kier alpha value is -2.08. The number of carbonyl (C=O) groups is 1. The van der Waals surface area contributed by atoms with Gasteiger partial charge in [0, 0.05) is 18.8 Å². The molecule has 2 N–H and O–H groups in total. The number of aromatic nitrogens is 2. The average molecular weight is 316 g/mol. The van der Waals surface area contributed by atoms with Gasteiger partial charge in [0.05, 0.1) is 19.1 Å². The number of furan rings is 1. The van der Waals surface area contributed by atoms with Gasteiger partial charge in [-0.3, -0.25) is 9.69 Å². The van der Waals surface area contributed by atoms with Crippen LogP contribution >= 0.6 is 0 Å². The van der Waals surface area contributed by atoms with Gasteiger partial charge < -0.3 is 14.7 Å². The lowest BCUT2D eigenvalue weighted by molar-refractivity contribution is 0.0940. The predicted octanol–water partition coefficient (Wildman–Crippen LogP) is 2.34. The highest BCUT2D eigenvalue weighted by atomic mass is 16.3. The Morgan fingerprint density at radius 3 is 3.22 bits per heavy atom. The van der Waals surface area contributed by atoms with Crippen molar-refractivity contribution in [1.82, 2.24) is 20.2 Å². The zero-order valence-electron chi connectivity index (χ0n) is 13.5. The van der Waals surface area contributed by atoms with Crippen molar-refractivity contribution in [2.75, 3.05) is 19.6 Å². The summed E-state index contributed by atoms with van der Waals surface area (Å²) < 4.78 is 5.43. The van der Waals surface area contributed by atoms with Crippen LogP contribution in [0.2, 0.25) is 0 Å². The molecular weight excluding hydrogens is 292 g/mol. The lowest BCUT2D eigenvalue weighted by Gasteiger charge is -2.32. The SMILES string of the molecule is Cc1[nH]cnc1C(=O)NCCC1CCCN(Cc2ccco2)C1. The van der Waals surface area contributed by atoms with E-state index in [9.17, 15) is 4.79 Å². The fourth-order valence-corrected chi connectivity index (χ4v) is 3.21. The first-order valence-electron chi connectivity index (χ1n) is 8.25. The third-order valence-corrected chi connectivity index (χ3v) is 4.45. The van der Waals surface area contributed by atoms with E-state index in [4.69, 9.17) is 4.42 Å². The number of hydrogen-bond acceptors (Lipinski definition) is 4. The number of amides is 1. The number of H-pyrrole nitrogens is 1. The van der Waals surface area contributed by atoms with Crippen LogP contribution < -0.4 is 5.32 Å². The summed E-state index contributed by atoms with van der Waals surface area (Å²) in [5, 5.41) is 2.98. The number of rotatable bonds is 6. The molecule has 1 saturated heterocycles. The second-order valence-electron chi connectivity index (χ2n) is 6.24. The Kier molecular flexibility index (Phi) is 5.12. The van der Waals surface area contributed by atoms with Gasteiger partial charge in [0.1, 0.15) is 11.5 Å². The minimum absolute atomic E-state index is 0.0907. The number of hydrogen-bond donors (Lipinski definition) is 2. The van der Waals surface area contributed by atoms with E-state index >= 15 is 0 Å². The smallest absolute Gasteiger partial charge is 0.271 e. The summed E-state index contributed by atoms with van der Waals surface area (Å²) in [6, 6.07) is 3.96. The normalized spacial score (nSPS) is 18.9. The number of nitrogens with zero attached hydrogens (tertiary/aromatic N) is 2. The second kappa shape index (κ2) is 7.46. The molecule has 1 aliphatic rings. The Labute approximate surface area is 136 Å². The maximum absolute atomic E-state index is 12.0. The van der Waals surface area contributed by atoms with E-state index in [0.29, 0.717) is 18.2 Å². The maximum atomic E-state index is 12.0. The Morgan fingerprint density at radius 1 is 1.57 bits per heavy atom. The summed E-state index contributed by atoms with van der Waals surface area (Å²) in [4.78, 5) is 21.4. The van der Waals surface area contributed by atoms with E-state index in [-0.39, 0.29) is 5.91 Å². The molecule has 2 aromatic rings. The van der Waals surface area contributed by atoms with Crippen LogP contribution in [0.25, 0.3) is 0 Å². The van der Waals surface area contributed by atoms with Crippen molar-refractivity contribution in [2.24, 2.45) is 5.92 Å². The molecular formula is C17H24N4O2. The molecule has 0 saturated carbocycles. The van der Waals surface area contributed by atoms with Gasteiger partial charge in [-0.25, -0.2) is 4.98 Å². The summed E-state index contributed by atoms with van der Waals surface area (Å²) in [6.07, 6.45) is 6.72. The van der Waals surface area contributed by atoms with Crippen LogP contribution in [0.15, 0.2) is 29.1 Å². The minimum atomic E-state index is -0.0907. The van der Waals surface area contributed by atoms with E-state index in [1.807, 2.05) is 19.1 Å². The standard InChI is InChI=1S/C17H24N4O2/c1-13-16(20-12-19-13)17(22)18-7-6-14-4-2-8-21(10-14)11-15-5-3-9-23-15/h3,5,9,12,14H,2,4,6-8,10-11H2,1H3,(H,18,22)(H,19,20). The highest BCUT2D eigenvalue weighted by Crippen LogP contribution is 2.21. The third-order valence-electron chi connectivity index (χ3n) is 4.45. The molecule has 0 spiro atoms. The first-order chi connectivity index (χ1) is 11.2. The van der Waals surface area contributed by atoms with Crippen molar-refractivity contribution in [3.63, 3.8) is 0 Å². The summed E-state index contributed by atoms with van der Waals surface area (Å²) in [5.41, 5.74) is 1.30. The average Bonchev–Trinajstić information content (AvgIpc) is 3.19. The fourth-order valence-electron chi connectivity index (χ4n) is 3.21. The van der Waals surface area contributed by atoms with Crippen molar-refractivity contribution in [3.05, 3.63) is 41.9 Å². The molecule has 6 heteroatoms. The van der Waals surface area contributed by atoms with Crippen molar-refractivity contribution >= 4 is 5.91 Å². The number of carbonyl (C=O) groups excluding carboxylic acids is 1. The zero-order chi connectivity index (χ0) is 16.1. The largest absolute Gasteiger partial charge is 0.468 e. The highest BCUT2D eigenvalue weighted by molar-refractivity contribution is 5.93. The molecule has 1 atom stereocenters. The van der Waals surface area contributed by atoms with Gasteiger partial charge >= 0.3 is 0 Å². The quantitative estimate of drug-likeness (QED) is 0.858. The molecule has 23 heavy (non-hydrogen) atoms. The number of aromatic amines is 1. The lowest BCUT2D eigenvalue weighted by atomic mass is 9.94. The molecule has 0 radical (unpaired) electrons. The first-order valence-corrected chi connectivity index (χ1v) is 8.25. The summed E-state index contributed by atoms with van der Waals surface area (Å²) in [7, 11) is 0. The fraction of sp³-hybridized carbons (Fsp3) is 0.529. The molecule has 1 fully saturated rings. The van der Waals surface area contributed by atoms with Crippen molar-refractivity contribution in [1.29, 1.82) is 0 Å². The summed E-state index contributed by atoms with van der Waals surface area (Å²) >= 11 is 0. The van der Waals surface area contributed by atoms with Gasteiger partial charge in [0.25, 0.3) is 5.91 Å². The predicted molar refractivity (Wildman–Crippen MR) is 87.0 cm³/mol. The van der Waals surface area contributed by atoms with E-state index in [1.54, 1.807) is 12.6 Å². The molecule has 1 aliphatic heterocycles. The zero-order valence-corrected chi connectivity index (χ0v) is 13.5. The molecule has 3 heterocycles. The lowest BCUT2D eigenvalue weighted by Crippen LogP contribution is -2.36. The van der Waals surface area contributed by atoms with Crippen LogP contribution in [0.4, 0.5) is 0 Å². The molecule has 0 aliphatic carbocycles. The Morgan fingerprint density at radius 2 is 2.48 bits per heavy atom. The number of aryl methyl sites for hydroxylation is 1. The summed E-state index contributed by atoms with van der Waals surface area (Å²) in [5.74, 6) is 1.55. The highest BCUT2D eigenvalue weighted by Gasteiger charge is 2.21. The van der Waals surface area contributed by atoms with E-state index < -0.39 is 0 Å². The van der Waals surface area contributed by atoms with Crippen LogP contribution in [0.5, 0.6) is 0 Å². The molecule has 0 bridgehead atoms. The minimum Gasteiger partial charge on any atom is -0.468 e. The van der Waals surface area contributed by atoms with Gasteiger partial charge in [0.2, 0.25) is 0 Å². The van der Waals surface area contributed by atoms with Crippen LogP contribution in [0, 0.1) is 12.8 Å². The Balaban J connectivity index is 1.41. The van der Waals surface area contributed by atoms with Crippen molar-refractivity contribution in [3.8, 4) is 0 Å². The summed E-state index contributed by atoms with van der Waals surface area (Å²) in [6.45, 7) is 5.62. The van der Waals surface area contributed by atoms with E-state index in [1.165, 1.54) is 12.8 Å². The molecule has 2 aromatic heterocycles. The maximum Gasteiger partial charge on any atom is 0.271 e. The molecule has 3 rings (SSSR count). The molecule has 0 aromatic carbocycles. The van der Waals surface area contributed by atoms with E-state index in [0.717, 1.165) is 37.5 Å². The molecule has 124 valence electrons. The molecule has 6 nitrogen and oxygen atoms in total. The van der Waals surface area contributed by atoms with Crippen LogP contribution in [0.3, 0.4) is 0 Å². The van der Waals surface area contributed by atoms with Gasteiger partial charge in [0.15, 0.2) is 0 Å². The Bertz CT molecular complexity index is 620. The number of imidazole rings is 1. The molecule has 1 amide bonds. The monoisotopic (exact) mass is 316 g/mol. The van der Waals surface area contributed by atoms with Crippen LogP contribution in [-0.4, -0.2) is 40.4 Å². The van der Waals surface area contributed by atoms with E-state index in [2.05, 4.69) is 20.2 Å². The van der Waals surface area contributed by atoms with Gasteiger partial charge in [-0.1, -0.05) is 0 Å². The van der Waals surface area contributed by atoms with Crippen molar-refractivity contribution in [2.45, 2.75) is 32.7 Å². The van der Waals surface area contributed by atoms with Crippen LogP contribution in [-0.2, 0) is 6.54 Å². The topological polar surface area (TPSA) is 74.2 Å².